The first-order chi connectivity index (χ1) is 21.4. The number of unbranched alkanes of at least 4 members (excludes halogenated alkanes) is 1. The summed E-state index contributed by atoms with van der Waals surface area (Å²) in [7, 11) is 0. The lowest BCUT2D eigenvalue weighted by atomic mass is 10.1. The monoisotopic (exact) mass is 624 g/mol. The molecule has 0 saturated carbocycles. The highest BCUT2D eigenvalue weighted by molar-refractivity contribution is 6.09. The van der Waals surface area contributed by atoms with Crippen molar-refractivity contribution in [2.45, 2.75) is 26.7 Å². The van der Waals surface area contributed by atoms with E-state index in [-0.39, 0.29) is 58.4 Å². The van der Waals surface area contributed by atoms with Crippen molar-refractivity contribution in [2.75, 3.05) is 29.7 Å². The van der Waals surface area contributed by atoms with Crippen LogP contribution in [0.5, 0.6) is 11.5 Å². The zero-order chi connectivity index (χ0) is 33.7. The van der Waals surface area contributed by atoms with E-state index in [1.54, 1.807) is 0 Å². The Bertz CT molecular complexity index is 1670. The van der Waals surface area contributed by atoms with Crippen LogP contribution in [0.1, 0.15) is 57.9 Å². The fourth-order valence-corrected chi connectivity index (χ4v) is 3.46. The maximum atomic E-state index is 14.5. The number of aromatic nitrogens is 2. The van der Waals surface area contributed by atoms with Crippen LogP contribution in [0.2, 0.25) is 0 Å². The number of hydrogen-bond acceptors (Lipinski definition) is 9. The molecule has 0 fully saturated rings. The van der Waals surface area contributed by atoms with Gasteiger partial charge >= 0.3 is 11.9 Å². The number of carboxylic acid groups (broad SMARTS) is 2. The fraction of sp³-hybridized carbons (Fsp3) is 0.200. The molecule has 3 aromatic rings. The highest BCUT2D eigenvalue weighted by Crippen LogP contribution is 2.28. The number of benzene rings is 2. The largest absolute Gasteiger partial charge is 0.494 e. The van der Waals surface area contributed by atoms with Crippen molar-refractivity contribution >= 4 is 35.1 Å². The van der Waals surface area contributed by atoms with Crippen LogP contribution in [0.3, 0.4) is 0 Å². The quantitative estimate of drug-likeness (QED) is 0.0659. The van der Waals surface area contributed by atoms with Crippen LogP contribution < -0.4 is 31.4 Å². The Balaban J connectivity index is 0.00000345. The predicted octanol–water partition coefficient (Wildman–Crippen LogP) is 3.81. The topological polar surface area (TPSA) is 219 Å². The number of nitrogens with one attached hydrogen (secondary N) is 3. The summed E-state index contributed by atoms with van der Waals surface area (Å²) < 4.78 is 25.5. The third kappa shape index (κ3) is 9.77. The van der Waals surface area contributed by atoms with Gasteiger partial charge in [0.05, 0.1) is 35.7 Å². The van der Waals surface area contributed by atoms with Crippen LogP contribution in [0.25, 0.3) is 0 Å². The first-order valence-electron chi connectivity index (χ1n) is 13.4. The molecule has 0 bridgehead atoms. The van der Waals surface area contributed by atoms with E-state index in [0.717, 1.165) is 12.1 Å². The second-order valence-electron chi connectivity index (χ2n) is 8.74. The number of rotatable bonds is 14. The van der Waals surface area contributed by atoms with Crippen molar-refractivity contribution in [1.82, 2.24) is 9.89 Å². The van der Waals surface area contributed by atoms with Crippen molar-refractivity contribution in [3.8, 4) is 11.5 Å². The summed E-state index contributed by atoms with van der Waals surface area (Å²) in [5, 5.41) is 34.9. The van der Waals surface area contributed by atoms with Crippen LogP contribution in [0, 0.1) is 11.2 Å². The van der Waals surface area contributed by atoms with E-state index in [2.05, 4.69) is 28.9 Å². The van der Waals surface area contributed by atoms with Gasteiger partial charge in [0.1, 0.15) is 5.75 Å². The zero-order valence-electron chi connectivity index (χ0n) is 24.6. The second-order valence-corrected chi connectivity index (χ2v) is 8.74. The number of amides is 2. The molecule has 0 spiro atoms. The van der Waals surface area contributed by atoms with Gasteiger partial charge in [-0.3, -0.25) is 15.0 Å². The molecule has 2 aromatic carbocycles. The average molecular weight is 625 g/mol. The minimum atomic E-state index is -1.45. The van der Waals surface area contributed by atoms with E-state index in [1.165, 1.54) is 36.4 Å². The van der Waals surface area contributed by atoms with Gasteiger partial charge in [-0.25, -0.2) is 14.0 Å². The van der Waals surface area contributed by atoms with Gasteiger partial charge in [0.2, 0.25) is 0 Å². The molecule has 238 valence electrons. The fourth-order valence-electron chi connectivity index (χ4n) is 3.46. The van der Waals surface area contributed by atoms with Crippen LogP contribution in [-0.4, -0.2) is 57.1 Å². The standard InChI is InChI=1S/C28H27FN6O8.C2H6/c1-3-15(2)25(36)32-22-14-23(19(29)13-18(22)28(40)41)43-11-5-4-10-42-16-6-7-17(27(38)39)21(12-16)33-26(37)20-8-9-24(30)35(31)34-20;1-2/h3,6-9,12-14,30H,1-2,4-5,10-11,31H2,(H,32,36)(H,33,37)(H,38,39)(H,40,41);1-2H3. The van der Waals surface area contributed by atoms with E-state index in [4.69, 9.17) is 20.7 Å². The number of anilines is 2. The normalized spacial score (nSPS) is 10.0. The average Bonchev–Trinajstić information content (AvgIpc) is 3.01. The minimum Gasteiger partial charge on any atom is -0.494 e. The Hall–Kier alpha value is -5.99. The third-order valence-corrected chi connectivity index (χ3v) is 5.72. The molecule has 0 aliphatic heterocycles. The Labute approximate surface area is 257 Å². The first-order valence-corrected chi connectivity index (χ1v) is 13.4. The summed E-state index contributed by atoms with van der Waals surface area (Å²) in [6, 6.07) is 8.29. The lowest BCUT2D eigenvalue weighted by Gasteiger charge is -2.14. The van der Waals surface area contributed by atoms with Gasteiger partial charge in [-0.1, -0.05) is 33.1 Å². The Morgan fingerprint density at radius 2 is 1.60 bits per heavy atom. The second kappa shape index (κ2) is 16.6. The van der Waals surface area contributed by atoms with E-state index in [1.807, 2.05) is 13.8 Å². The molecule has 45 heavy (non-hydrogen) atoms. The van der Waals surface area contributed by atoms with Gasteiger partial charge in [0.15, 0.2) is 22.7 Å². The highest BCUT2D eigenvalue weighted by Gasteiger charge is 2.19. The Morgan fingerprint density at radius 3 is 2.20 bits per heavy atom. The van der Waals surface area contributed by atoms with Crippen LogP contribution >= 0.6 is 0 Å². The molecule has 0 radical (unpaired) electrons. The predicted molar refractivity (Wildman–Crippen MR) is 162 cm³/mol. The van der Waals surface area contributed by atoms with Gasteiger partial charge in [-0.05, 0) is 43.2 Å². The number of nitrogens with zero attached hydrogens (tertiary/aromatic N) is 2. The van der Waals surface area contributed by atoms with Crippen LogP contribution in [0.15, 0.2) is 67.3 Å². The number of carbonyl (C=O) groups excluding carboxylic acids is 2. The van der Waals surface area contributed by atoms with Crippen molar-refractivity contribution in [1.29, 1.82) is 5.41 Å². The molecule has 1 aromatic heterocycles. The van der Waals surface area contributed by atoms with Gasteiger partial charge in [-0.15, -0.1) is 5.10 Å². The van der Waals surface area contributed by atoms with Crippen molar-refractivity contribution in [2.24, 2.45) is 0 Å². The van der Waals surface area contributed by atoms with Gasteiger partial charge in [0.25, 0.3) is 11.8 Å². The number of nitrogens with two attached hydrogens (primary N) is 1. The first kappa shape index (κ1) is 35.2. The minimum absolute atomic E-state index is 0.0175. The van der Waals surface area contributed by atoms with Crippen LogP contribution in [0.4, 0.5) is 15.8 Å². The molecule has 0 aliphatic carbocycles. The number of carbonyl (C=O) groups is 4. The van der Waals surface area contributed by atoms with E-state index in [0.29, 0.717) is 17.6 Å². The molecule has 1 heterocycles. The number of carboxylic acids is 2. The molecular weight excluding hydrogens is 591 g/mol. The SMILES string of the molecule is C=CC(=C)C(=O)Nc1cc(OCCCCOc2ccc(C(=O)O)c(NC(=O)c3ccc(=N)n(N)n3)c2)c(F)cc1C(=O)O.CC. The smallest absolute Gasteiger partial charge is 0.337 e. The molecule has 0 aliphatic rings. The molecule has 2 amide bonds. The molecule has 14 nitrogen and oxygen atoms in total. The summed E-state index contributed by atoms with van der Waals surface area (Å²) >= 11 is 0. The van der Waals surface area contributed by atoms with Gasteiger partial charge in [-0.2, -0.15) is 4.79 Å². The highest BCUT2D eigenvalue weighted by atomic mass is 19.1. The van der Waals surface area contributed by atoms with E-state index < -0.39 is 35.1 Å². The third-order valence-electron chi connectivity index (χ3n) is 5.72. The maximum Gasteiger partial charge on any atom is 0.337 e. The zero-order valence-corrected chi connectivity index (χ0v) is 24.6. The molecule has 0 saturated heterocycles. The summed E-state index contributed by atoms with van der Waals surface area (Å²) in [6.45, 7) is 11.1. The molecular formula is C30H33FN6O8. The number of aromatic carboxylic acids is 2. The van der Waals surface area contributed by atoms with Crippen molar-refractivity contribution in [3.05, 3.63) is 95.4 Å². The molecule has 3 rings (SSSR count). The van der Waals surface area contributed by atoms with E-state index >= 15 is 0 Å². The molecule has 15 heteroatoms. The van der Waals surface area contributed by atoms with Crippen molar-refractivity contribution in [3.63, 3.8) is 0 Å². The van der Waals surface area contributed by atoms with Gasteiger partial charge in [0, 0.05) is 17.7 Å². The summed E-state index contributed by atoms with van der Waals surface area (Å²) in [6.07, 6.45) is 1.98. The van der Waals surface area contributed by atoms with Crippen LogP contribution in [-0.2, 0) is 4.79 Å². The summed E-state index contributed by atoms with van der Waals surface area (Å²) in [4.78, 5) is 48.5. The number of hydrogen-bond donors (Lipinski definition) is 6. The van der Waals surface area contributed by atoms with E-state index in [9.17, 15) is 33.8 Å². The molecule has 0 unspecified atom stereocenters. The Kier molecular flexibility index (Phi) is 13.0. The summed E-state index contributed by atoms with van der Waals surface area (Å²) in [5.41, 5.74) is -1.22. The van der Waals surface area contributed by atoms with Crippen molar-refractivity contribution < 1.29 is 43.3 Å². The Morgan fingerprint density at radius 1 is 0.978 bits per heavy atom. The summed E-state index contributed by atoms with van der Waals surface area (Å²) in [5.74, 6) is 0.317. The number of ether oxygens (including phenoxy) is 2. The lowest BCUT2D eigenvalue weighted by molar-refractivity contribution is -0.112. The number of halogens is 1. The molecule has 0 atom stereocenters. The maximum absolute atomic E-state index is 14.5. The van der Waals surface area contributed by atoms with Gasteiger partial charge < -0.3 is 36.2 Å². The molecule has 7 N–H and O–H groups in total. The lowest BCUT2D eigenvalue weighted by Crippen LogP contribution is -2.31. The number of nitrogen functional groups attached to an aromatic ring is 1.